The van der Waals surface area contributed by atoms with Gasteiger partial charge in [0.2, 0.25) is 0 Å². The van der Waals surface area contributed by atoms with Crippen molar-refractivity contribution in [2.75, 3.05) is 13.2 Å². The molecule has 0 saturated heterocycles. The summed E-state index contributed by atoms with van der Waals surface area (Å²) in [5, 5.41) is 8.76. The van der Waals surface area contributed by atoms with E-state index in [-0.39, 0.29) is 12.6 Å². The average molecular weight is 212 g/mol. The summed E-state index contributed by atoms with van der Waals surface area (Å²) >= 11 is 0. The van der Waals surface area contributed by atoms with Crippen LogP contribution in [0.1, 0.15) is 33.6 Å². The Bertz CT molecular complexity index is 252. The van der Waals surface area contributed by atoms with Crippen LogP contribution in [0.25, 0.3) is 0 Å². The van der Waals surface area contributed by atoms with Crippen LogP contribution in [0.15, 0.2) is 23.3 Å². The van der Waals surface area contributed by atoms with Crippen molar-refractivity contribution in [1.82, 2.24) is 0 Å². The molecule has 0 rings (SSSR count). The number of ether oxygens (including phenoxy) is 1. The molecule has 0 aromatic carbocycles. The van der Waals surface area contributed by atoms with Crippen LogP contribution in [0.3, 0.4) is 0 Å². The second kappa shape index (κ2) is 8.24. The van der Waals surface area contributed by atoms with Crippen LogP contribution in [0.5, 0.6) is 0 Å². The highest BCUT2D eigenvalue weighted by molar-refractivity contribution is 5.66. The summed E-state index contributed by atoms with van der Waals surface area (Å²) < 4.78 is 4.79. The molecule has 0 heterocycles. The fraction of sp³-hybridized carbons (Fsp3) is 0.583. The SMILES string of the molecule is CC(=O)OC/C=C(/C)CC/C=C(\C)CO. The lowest BCUT2D eigenvalue weighted by Gasteiger charge is -2.00. The van der Waals surface area contributed by atoms with Gasteiger partial charge in [-0.05, 0) is 32.8 Å². The highest BCUT2D eigenvalue weighted by Gasteiger charge is 1.92. The Labute approximate surface area is 91.4 Å². The molecule has 0 saturated carbocycles. The number of allylic oxidation sites excluding steroid dienone is 2. The second-order valence-electron chi connectivity index (χ2n) is 3.60. The molecule has 0 spiro atoms. The maximum Gasteiger partial charge on any atom is 0.302 e. The quantitative estimate of drug-likeness (QED) is 0.542. The monoisotopic (exact) mass is 212 g/mol. The Balaban J connectivity index is 3.73. The van der Waals surface area contributed by atoms with Crippen LogP contribution in [0, 0.1) is 0 Å². The van der Waals surface area contributed by atoms with E-state index in [0.29, 0.717) is 6.61 Å². The molecule has 0 amide bonds. The minimum absolute atomic E-state index is 0.121. The third kappa shape index (κ3) is 9.22. The van der Waals surface area contributed by atoms with Crippen LogP contribution in [0.2, 0.25) is 0 Å². The van der Waals surface area contributed by atoms with E-state index >= 15 is 0 Å². The van der Waals surface area contributed by atoms with Gasteiger partial charge in [-0.2, -0.15) is 0 Å². The Kier molecular flexibility index (Phi) is 7.64. The molecule has 3 heteroatoms. The molecule has 0 radical (unpaired) electrons. The van der Waals surface area contributed by atoms with Crippen LogP contribution in [-0.2, 0) is 9.53 Å². The number of rotatable bonds is 6. The van der Waals surface area contributed by atoms with Gasteiger partial charge in [0.25, 0.3) is 0 Å². The first-order chi connectivity index (χ1) is 7.06. The van der Waals surface area contributed by atoms with Gasteiger partial charge >= 0.3 is 5.97 Å². The molecule has 0 unspecified atom stereocenters. The molecule has 0 aliphatic carbocycles. The maximum atomic E-state index is 10.5. The zero-order chi connectivity index (χ0) is 11.7. The van der Waals surface area contributed by atoms with E-state index < -0.39 is 0 Å². The van der Waals surface area contributed by atoms with Crippen LogP contribution in [-0.4, -0.2) is 24.3 Å². The zero-order valence-corrected chi connectivity index (χ0v) is 9.75. The van der Waals surface area contributed by atoms with Gasteiger partial charge in [0.05, 0.1) is 6.61 Å². The summed E-state index contributed by atoms with van der Waals surface area (Å²) in [4.78, 5) is 10.5. The number of carbonyl (C=O) groups excluding carboxylic acids is 1. The normalized spacial score (nSPS) is 12.8. The Morgan fingerprint density at radius 1 is 1.20 bits per heavy atom. The van der Waals surface area contributed by atoms with E-state index in [0.717, 1.165) is 18.4 Å². The van der Waals surface area contributed by atoms with E-state index in [1.807, 2.05) is 26.0 Å². The minimum atomic E-state index is -0.255. The van der Waals surface area contributed by atoms with Crippen molar-refractivity contribution in [3.05, 3.63) is 23.3 Å². The molecule has 0 atom stereocenters. The number of carbonyl (C=O) groups is 1. The Morgan fingerprint density at radius 2 is 1.87 bits per heavy atom. The summed E-state index contributed by atoms with van der Waals surface area (Å²) in [5.74, 6) is -0.255. The summed E-state index contributed by atoms with van der Waals surface area (Å²) in [6.07, 6.45) is 5.76. The lowest BCUT2D eigenvalue weighted by molar-refractivity contribution is -0.139. The summed E-state index contributed by atoms with van der Waals surface area (Å²) in [7, 11) is 0. The highest BCUT2D eigenvalue weighted by Crippen LogP contribution is 2.06. The van der Waals surface area contributed by atoms with Gasteiger partial charge in [0, 0.05) is 6.92 Å². The lowest BCUT2D eigenvalue weighted by atomic mass is 10.1. The molecule has 3 nitrogen and oxygen atoms in total. The minimum Gasteiger partial charge on any atom is -0.462 e. The average Bonchev–Trinajstić information content (AvgIpc) is 2.17. The van der Waals surface area contributed by atoms with Crippen LogP contribution in [0.4, 0.5) is 0 Å². The van der Waals surface area contributed by atoms with E-state index in [1.54, 1.807) is 0 Å². The van der Waals surface area contributed by atoms with Crippen molar-refractivity contribution in [2.45, 2.75) is 33.6 Å². The van der Waals surface area contributed by atoms with Gasteiger partial charge in [-0.3, -0.25) is 4.79 Å². The number of esters is 1. The molecule has 1 N–H and O–H groups in total. The molecular weight excluding hydrogens is 192 g/mol. The van der Waals surface area contributed by atoms with E-state index in [2.05, 4.69) is 0 Å². The summed E-state index contributed by atoms with van der Waals surface area (Å²) in [5.41, 5.74) is 2.18. The predicted octanol–water partition coefficient (Wildman–Crippen LogP) is 2.21. The number of hydrogen-bond acceptors (Lipinski definition) is 3. The first-order valence-electron chi connectivity index (χ1n) is 5.11. The van der Waals surface area contributed by atoms with Crippen LogP contribution >= 0.6 is 0 Å². The molecule has 0 fully saturated rings. The predicted molar refractivity (Wildman–Crippen MR) is 60.5 cm³/mol. The second-order valence-corrected chi connectivity index (χ2v) is 3.60. The first-order valence-corrected chi connectivity index (χ1v) is 5.11. The number of aliphatic hydroxyl groups is 1. The molecule has 0 bridgehead atoms. The van der Waals surface area contributed by atoms with Gasteiger partial charge in [-0.1, -0.05) is 17.2 Å². The standard InChI is InChI=1S/C12H20O3/c1-10(7-8-15-12(3)14)5-4-6-11(2)9-13/h6-7,13H,4-5,8-9H2,1-3H3/b10-7-,11-6+. The van der Waals surface area contributed by atoms with E-state index in [4.69, 9.17) is 9.84 Å². The Hall–Kier alpha value is -1.09. The van der Waals surface area contributed by atoms with Gasteiger partial charge in [0.15, 0.2) is 0 Å². The summed E-state index contributed by atoms with van der Waals surface area (Å²) in [6, 6.07) is 0. The number of aliphatic hydroxyl groups excluding tert-OH is 1. The topological polar surface area (TPSA) is 46.5 Å². The van der Waals surface area contributed by atoms with E-state index in [1.165, 1.54) is 12.5 Å². The van der Waals surface area contributed by atoms with Gasteiger partial charge in [0.1, 0.15) is 6.61 Å². The molecule has 86 valence electrons. The smallest absolute Gasteiger partial charge is 0.302 e. The molecule has 0 aliphatic rings. The third-order valence-corrected chi connectivity index (χ3v) is 2.00. The molecule has 0 aromatic heterocycles. The van der Waals surface area contributed by atoms with Crippen molar-refractivity contribution < 1.29 is 14.6 Å². The molecule has 15 heavy (non-hydrogen) atoms. The van der Waals surface area contributed by atoms with Crippen molar-refractivity contribution in [3.8, 4) is 0 Å². The molecule has 0 aromatic rings. The lowest BCUT2D eigenvalue weighted by Crippen LogP contribution is -1.98. The van der Waals surface area contributed by atoms with Gasteiger partial charge in [-0.15, -0.1) is 0 Å². The van der Waals surface area contributed by atoms with Crippen LogP contribution < -0.4 is 0 Å². The van der Waals surface area contributed by atoms with Crippen molar-refractivity contribution in [2.24, 2.45) is 0 Å². The van der Waals surface area contributed by atoms with E-state index in [9.17, 15) is 4.79 Å². The number of hydrogen-bond donors (Lipinski definition) is 1. The fourth-order valence-corrected chi connectivity index (χ4v) is 1.01. The largest absolute Gasteiger partial charge is 0.462 e. The summed E-state index contributed by atoms with van der Waals surface area (Å²) in [6.45, 7) is 5.78. The van der Waals surface area contributed by atoms with Crippen molar-refractivity contribution >= 4 is 5.97 Å². The van der Waals surface area contributed by atoms with Gasteiger partial charge < -0.3 is 9.84 Å². The zero-order valence-electron chi connectivity index (χ0n) is 9.75. The van der Waals surface area contributed by atoms with Crippen molar-refractivity contribution in [1.29, 1.82) is 0 Å². The van der Waals surface area contributed by atoms with Crippen molar-refractivity contribution in [3.63, 3.8) is 0 Å². The highest BCUT2D eigenvalue weighted by atomic mass is 16.5. The first kappa shape index (κ1) is 13.9. The maximum absolute atomic E-state index is 10.5. The Morgan fingerprint density at radius 3 is 2.40 bits per heavy atom. The third-order valence-electron chi connectivity index (χ3n) is 2.00. The molecule has 0 aliphatic heterocycles. The molecular formula is C12H20O3. The fourth-order valence-electron chi connectivity index (χ4n) is 1.01. The van der Waals surface area contributed by atoms with Gasteiger partial charge in [-0.25, -0.2) is 0 Å².